The molecule has 4 atom stereocenters. The van der Waals surface area contributed by atoms with E-state index in [1.807, 2.05) is 55.5 Å². The average molecular weight is 1950 g/mol. The fourth-order valence-corrected chi connectivity index (χ4v) is 23.0. The second-order valence-electron chi connectivity index (χ2n) is 34.9. The molecule has 9 N–H and O–H groups in total. The van der Waals surface area contributed by atoms with E-state index in [-0.39, 0.29) is 68.4 Å². The minimum absolute atomic E-state index is 0.00179. The molecule has 4 aliphatic carbocycles. The van der Waals surface area contributed by atoms with Gasteiger partial charge in [-0.25, -0.2) is 41.7 Å². The van der Waals surface area contributed by atoms with Gasteiger partial charge in [0, 0.05) is 161 Å². The van der Waals surface area contributed by atoms with E-state index in [9.17, 15) is 36.7 Å². The van der Waals surface area contributed by atoms with Gasteiger partial charge in [-0.15, -0.1) is 45.3 Å². The van der Waals surface area contributed by atoms with Gasteiger partial charge in [0.2, 0.25) is 0 Å². The number of carbonyl (C=O) groups excluding carboxylic acids is 4. The topological polar surface area (TPSA) is 223 Å². The number of benzene rings is 4. The van der Waals surface area contributed by atoms with Crippen molar-refractivity contribution in [1.29, 1.82) is 0 Å². The lowest BCUT2D eigenvalue weighted by Gasteiger charge is -2.35. The van der Waals surface area contributed by atoms with Crippen LogP contribution in [0.5, 0.6) is 0 Å². The Labute approximate surface area is 805 Å². The van der Waals surface area contributed by atoms with Gasteiger partial charge in [-0.1, -0.05) is 70.7 Å². The number of anilines is 4. The first-order chi connectivity index (χ1) is 63.5. The second-order valence-corrected chi connectivity index (χ2v) is 41.2. The Morgan fingerprint density at radius 2 is 0.687 bits per heavy atom. The normalized spacial score (nSPS) is 19.0. The fraction of sp³-hybridized carbons (Fsp3) is 0.480. The Morgan fingerprint density at radius 1 is 0.397 bits per heavy atom. The number of allylic oxidation sites excluding steroid dienone is 4. The number of rotatable bonds is 30. The highest BCUT2D eigenvalue weighted by molar-refractivity contribution is 7.14. The standard InChI is InChI=1S/C26H34ClFN4OS.C25H32ClFN4OS.C24H30ClFN4OS.C23H29ClFN5OS/c1-30(2)18-22-10-12-25(34-22)19-5-8-21(9-6-19)32(16-15-31-13-3-4-14-31)26(33)29-20-7-11-24(28)23(27)17-20;1-28-17-21-9-11-24(33-21)18-4-7-20(8-5-18)31(15-14-30-12-2-3-13-30)25(32)29-19-6-10-23(27)22(26)16-19;25-21-15-18(5-9-22(21)26)28-24(31)30(14-13-29-11-1-2-12-29)19-6-3-17(4-7-19)23-10-8-20(16-27)32-23;24-19-13-17(5-8-20(19)25)28-23(31)30(12-11-29-9-1-2-10-29)18-6-3-16(4-7-18)21-15-27-22(14-26)32-21/h5,7,10-12,17,21H,3-4,6,8-9,13-16,18H2,1-2H3,(H,29,33);4,6,9-11,16,20,28H,2-3,5,7-8,12-15,17H2,1H3,(H,29,32);3,5,8-10,15,19H,1-2,4,6-7,11-14,16,27H2,(H,28,31);3,5,8,13,15,18H,1-2,4,6-7,9-12,14,26H2,(H,28,31). The number of thiazole rings is 1. The van der Waals surface area contributed by atoms with E-state index in [2.05, 4.69) is 131 Å². The molecule has 4 saturated heterocycles. The summed E-state index contributed by atoms with van der Waals surface area (Å²) in [5.41, 5.74) is 18.9. The maximum atomic E-state index is 13.6. The van der Waals surface area contributed by atoms with E-state index in [0.29, 0.717) is 62.0 Å². The highest BCUT2D eigenvalue weighted by atomic mass is 35.5. The van der Waals surface area contributed by atoms with E-state index in [0.717, 1.165) is 179 Å². The lowest BCUT2D eigenvalue weighted by molar-refractivity contribution is 0.170. The third-order valence-corrected chi connectivity index (χ3v) is 31.2. The lowest BCUT2D eigenvalue weighted by atomic mass is 9.93. The fourth-order valence-electron chi connectivity index (χ4n) is 18.2. The van der Waals surface area contributed by atoms with Gasteiger partial charge in [0.15, 0.2) is 0 Å². The van der Waals surface area contributed by atoms with Crippen LogP contribution in [0.15, 0.2) is 140 Å². The predicted octanol–water partition coefficient (Wildman–Crippen LogP) is 22.5. The Kier molecular flexibility index (Phi) is 38.9. The number of hydrogen-bond donors (Lipinski definition) is 7. The first-order valence-corrected chi connectivity index (χ1v) is 50.9. The summed E-state index contributed by atoms with van der Waals surface area (Å²) < 4.78 is 54.1. The smallest absolute Gasteiger partial charge is 0.322 e. The number of halogens is 8. The van der Waals surface area contributed by atoms with Crippen molar-refractivity contribution in [3.8, 4) is 0 Å². The summed E-state index contributed by atoms with van der Waals surface area (Å²) in [6, 6.07) is 30.1. The molecule has 0 radical (unpaired) electrons. The molecule has 4 unspecified atom stereocenters. The number of thiophene rings is 3. The van der Waals surface area contributed by atoms with Crippen LogP contribution in [0.4, 0.5) is 59.5 Å². The summed E-state index contributed by atoms with van der Waals surface area (Å²) in [5, 5.41) is 15.9. The number of aromatic nitrogens is 1. The third kappa shape index (κ3) is 29.9. The number of carbonyl (C=O) groups is 4. The Bertz CT molecular complexity index is 5060. The van der Waals surface area contributed by atoms with Crippen LogP contribution in [0, 0.1) is 23.3 Å². The number of hydrogen-bond acceptors (Lipinski definition) is 17. The van der Waals surface area contributed by atoms with Gasteiger partial charge in [0.1, 0.15) is 28.3 Å². The molecular weight excluding hydrogens is 1830 g/mol. The summed E-state index contributed by atoms with van der Waals surface area (Å²) in [6.45, 7) is 17.8. The highest BCUT2D eigenvalue weighted by Gasteiger charge is 2.34. The lowest BCUT2D eigenvalue weighted by Crippen LogP contribution is -2.47. The molecule has 8 aromatic rings. The maximum absolute atomic E-state index is 13.6. The van der Waals surface area contributed by atoms with Crippen LogP contribution in [0.3, 0.4) is 0 Å². The summed E-state index contributed by atoms with van der Waals surface area (Å²) in [5.74, 6) is -1.97. The number of nitrogens with zero attached hydrogens (tertiary/aromatic N) is 10. The van der Waals surface area contributed by atoms with Crippen molar-refractivity contribution >= 4 is 161 Å². The Balaban J connectivity index is 0.000000149. The van der Waals surface area contributed by atoms with Crippen LogP contribution >= 0.6 is 91.8 Å². The maximum Gasteiger partial charge on any atom is 0.322 e. The zero-order chi connectivity index (χ0) is 92.3. The number of nitrogens with two attached hydrogens (primary N) is 2. The van der Waals surface area contributed by atoms with Gasteiger partial charge >= 0.3 is 24.1 Å². The molecule has 8 amide bonds. The van der Waals surface area contributed by atoms with E-state index < -0.39 is 23.3 Å². The molecule has 33 heteroatoms. The van der Waals surface area contributed by atoms with Crippen molar-refractivity contribution in [1.82, 2.24) is 54.4 Å². The molecule has 706 valence electrons. The zero-order valence-corrected chi connectivity index (χ0v) is 81.6. The Morgan fingerprint density at radius 3 is 0.947 bits per heavy atom. The molecule has 8 heterocycles. The molecule has 0 bridgehead atoms. The van der Waals surface area contributed by atoms with E-state index in [4.69, 9.17) is 57.9 Å². The van der Waals surface area contributed by atoms with Gasteiger partial charge in [0.25, 0.3) is 0 Å². The largest absolute Gasteiger partial charge is 0.326 e. The van der Waals surface area contributed by atoms with Crippen LogP contribution in [0.25, 0.3) is 22.3 Å². The van der Waals surface area contributed by atoms with Crippen molar-refractivity contribution in [3.63, 3.8) is 0 Å². The molecule has 21 nitrogen and oxygen atoms in total. The average Bonchev–Trinajstić information content (AvgIpc) is 1.82. The first kappa shape index (κ1) is 101. The molecule has 0 saturated carbocycles. The van der Waals surface area contributed by atoms with Crippen LogP contribution in [0.1, 0.15) is 168 Å². The predicted molar refractivity (Wildman–Crippen MR) is 535 cm³/mol. The summed E-state index contributed by atoms with van der Waals surface area (Å²) >= 11 is 30.7. The molecule has 8 aliphatic rings. The molecule has 16 rings (SSSR count). The minimum atomic E-state index is -0.499. The number of urea groups is 4. The van der Waals surface area contributed by atoms with Gasteiger partial charge < -0.3 is 82.2 Å². The highest BCUT2D eigenvalue weighted by Crippen LogP contribution is 2.40. The third-order valence-electron chi connectivity index (χ3n) is 25.4. The molecule has 4 fully saturated rings. The van der Waals surface area contributed by atoms with Gasteiger partial charge in [-0.3, -0.25) is 0 Å². The van der Waals surface area contributed by atoms with E-state index >= 15 is 0 Å². The number of likely N-dealkylation sites (tertiary alicyclic amines) is 4. The van der Waals surface area contributed by atoms with E-state index in [1.165, 1.54) is 158 Å². The van der Waals surface area contributed by atoms with Crippen LogP contribution in [-0.2, 0) is 26.2 Å². The molecular formula is C98H125Cl4F4N17O4S4. The van der Waals surface area contributed by atoms with Crippen molar-refractivity contribution in [2.24, 2.45) is 11.5 Å². The monoisotopic (exact) mass is 1950 g/mol. The second kappa shape index (κ2) is 50.7. The van der Waals surface area contributed by atoms with Gasteiger partial charge in [-0.05, 0) is 333 Å². The number of nitrogens with one attached hydrogen (secondary N) is 5. The van der Waals surface area contributed by atoms with Crippen LogP contribution < -0.4 is 38.1 Å². The van der Waals surface area contributed by atoms with Crippen molar-refractivity contribution in [2.45, 2.75) is 179 Å². The van der Waals surface area contributed by atoms with Crippen molar-refractivity contribution in [2.75, 3.05) is 147 Å². The molecule has 4 aliphatic heterocycles. The van der Waals surface area contributed by atoms with Crippen molar-refractivity contribution < 1.29 is 36.7 Å². The zero-order valence-electron chi connectivity index (χ0n) is 75.3. The van der Waals surface area contributed by atoms with Crippen LogP contribution in [0.2, 0.25) is 20.1 Å². The molecule has 4 aromatic heterocycles. The summed E-state index contributed by atoms with van der Waals surface area (Å²) in [7, 11) is 6.14. The number of amides is 8. The summed E-state index contributed by atoms with van der Waals surface area (Å²) in [6.07, 6.45) is 31.5. The van der Waals surface area contributed by atoms with Crippen molar-refractivity contribution in [3.05, 3.63) is 222 Å². The van der Waals surface area contributed by atoms with Gasteiger partial charge in [0.05, 0.1) is 25.0 Å². The Hall–Kier alpha value is -7.79. The summed E-state index contributed by atoms with van der Waals surface area (Å²) in [4.78, 5) is 86.1. The van der Waals surface area contributed by atoms with Crippen LogP contribution in [-0.4, -0.2) is 223 Å². The SMILES string of the molecule is CN(C)Cc1ccc(C2=CCC(N(CCN3CCCC3)C(=O)Nc3ccc(F)c(Cl)c3)CC2)s1.CNCc1ccc(C2=CCC(N(CCN3CCCC3)C(=O)Nc3ccc(F)c(Cl)c3)CC2)s1.NCc1ccc(C2=CCC(N(CCN3CCCC3)C(=O)Nc3ccc(F)c(Cl)c3)CC2)s1.NCc1ncc(C2=CCC(N(CCN3CCCC3)C(=O)Nc3ccc(F)c(Cl)c3)CC2)s1. The molecule has 0 spiro atoms. The molecule has 4 aromatic carbocycles. The van der Waals surface area contributed by atoms with Gasteiger partial charge in [-0.2, -0.15) is 0 Å². The first-order valence-electron chi connectivity index (χ1n) is 46.2. The molecule has 131 heavy (non-hydrogen) atoms. The van der Waals surface area contributed by atoms with E-state index in [1.54, 1.807) is 40.9 Å². The minimum Gasteiger partial charge on any atom is -0.326 e. The quantitative estimate of drug-likeness (QED) is 0.0209.